The summed E-state index contributed by atoms with van der Waals surface area (Å²) in [7, 11) is 3.98. The lowest BCUT2D eigenvalue weighted by Gasteiger charge is -2.44. The van der Waals surface area contributed by atoms with Crippen molar-refractivity contribution in [2.75, 3.05) is 27.2 Å². The quantitative estimate of drug-likeness (QED) is 0.761. The molecule has 1 rings (SSSR count). The van der Waals surface area contributed by atoms with E-state index < -0.39 is 0 Å². The van der Waals surface area contributed by atoms with Gasteiger partial charge in [0.15, 0.2) is 0 Å². The number of nitrogens with one attached hydrogen (secondary N) is 1. The van der Waals surface area contributed by atoms with Gasteiger partial charge in [-0.2, -0.15) is 0 Å². The fourth-order valence-corrected chi connectivity index (χ4v) is 2.25. The van der Waals surface area contributed by atoms with E-state index in [1.54, 1.807) is 0 Å². The van der Waals surface area contributed by atoms with Crippen LogP contribution in [0.2, 0.25) is 0 Å². The highest BCUT2D eigenvalue weighted by atomic mass is 16.2. The van der Waals surface area contributed by atoms with Crippen molar-refractivity contribution in [1.82, 2.24) is 15.1 Å². The molecule has 1 heterocycles. The van der Waals surface area contributed by atoms with Gasteiger partial charge in [0.1, 0.15) is 0 Å². The number of nitrogens with zero attached hydrogens (tertiary/aromatic N) is 2. The molecule has 1 N–H and O–H groups in total. The molecule has 0 aliphatic carbocycles. The fraction of sp³-hybridized carbons (Fsp3) is 0.917. The van der Waals surface area contributed by atoms with E-state index in [0.29, 0.717) is 12.1 Å². The Balaban J connectivity index is 2.73. The smallest absolute Gasteiger partial charge is 0.240 e. The Labute approximate surface area is 99.0 Å². The Morgan fingerprint density at radius 2 is 2.12 bits per heavy atom. The molecule has 4 nitrogen and oxygen atoms in total. The Morgan fingerprint density at radius 3 is 2.62 bits per heavy atom. The molecule has 1 aliphatic rings. The number of hydrogen-bond donors (Lipinski definition) is 1. The Morgan fingerprint density at radius 1 is 1.50 bits per heavy atom. The van der Waals surface area contributed by atoms with E-state index in [1.807, 2.05) is 11.9 Å². The van der Waals surface area contributed by atoms with Crippen LogP contribution >= 0.6 is 0 Å². The average Bonchev–Trinajstić information content (AvgIpc) is 2.23. The maximum absolute atomic E-state index is 12.3. The number of carbonyl (C=O) groups excluding carboxylic acids is 1. The Hall–Kier alpha value is -0.610. The van der Waals surface area contributed by atoms with Crippen molar-refractivity contribution in [3.8, 4) is 0 Å². The molecule has 4 heteroatoms. The number of piperazine rings is 1. The minimum atomic E-state index is 0.0404. The van der Waals surface area contributed by atoms with Gasteiger partial charge in [-0.25, -0.2) is 0 Å². The molecule has 1 amide bonds. The van der Waals surface area contributed by atoms with Crippen molar-refractivity contribution in [3.05, 3.63) is 0 Å². The predicted molar refractivity (Wildman–Crippen MR) is 66.4 cm³/mol. The molecule has 0 spiro atoms. The summed E-state index contributed by atoms with van der Waals surface area (Å²) in [6, 6.07) is 0.793. The van der Waals surface area contributed by atoms with Crippen molar-refractivity contribution in [2.24, 2.45) is 0 Å². The van der Waals surface area contributed by atoms with Gasteiger partial charge >= 0.3 is 0 Å². The van der Waals surface area contributed by atoms with Crippen LogP contribution in [0.15, 0.2) is 0 Å². The molecule has 16 heavy (non-hydrogen) atoms. The van der Waals surface area contributed by atoms with Crippen molar-refractivity contribution in [3.63, 3.8) is 0 Å². The lowest BCUT2D eigenvalue weighted by Crippen LogP contribution is -2.61. The van der Waals surface area contributed by atoms with Crippen LogP contribution in [-0.4, -0.2) is 61.0 Å². The first kappa shape index (κ1) is 13.5. The zero-order valence-electron chi connectivity index (χ0n) is 11.2. The number of carbonyl (C=O) groups is 1. The molecule has 0 aromatic heterocycles. The Kier molecular flexibility index (Phi) is 4.74. The molecule has 1 aliphatic heterocycles. The number of hydrogen-bond acceptors (Lipinski definition) is 3. The second-order valence-electron chi connectivity index (χ2n) is 5.01. The summed E-state index contributed by atoms with van der Waals surface area (Å²) in [6.07, 6.45) is 0.888. The summed E-state index contributed by atoms with van der Waals surface area (Å²) in [5.74, 6) is 0.283. The van der Waals surface area contributed by atoms with Gasteiger partial charge in [0.25, 0.3) is 0 Å². The highest BCUT2D eigenvalue weighted by Crippen LogP contribution is 2.19. The first-order valence-corrected chi connectivity index (χ1v) is 6.16. The number of likely N-dealkylation sites (N-methyl/N-ethyl adjacent to an activating group) is 1. The molecule has 0 radical (unpaired) electrons. The molecule has 0 aromatic carbocycles. The van der Waals surface area contributed by atoms with E-state index in [0.717, 1.165) is 19.5 Å². The van der Waals surface area contributed by atoms with Crippen LogP contribution in [-0.2, 0) is 4.79 Å². The average molecular weight is 227 g/mol. The van der Waals surface area contributed by atoms with E-state index in [-0.39, 0.29) is 11.9 Å². The van der Waals surface area contributed by atoms with Crippen LogP contribution in [0, 0.1) is 0 Å². The first-order chi connectivity index (χ1) is 7.49. The van der Waals surface area contributed by atoms with Gasteiger partial charge in [0.05, 0.1) is 6.04 Å². The summed E-state index contributed by atoms with van der Waals surface area (Å²) in [5, 5.41) is 3.12. The van der Waals surface area contributed by atoms with Crippen molar-refractivity contribution >= 4 is 5.91 Å². The van der Waals surface area contributed by atoms with E-state index in [4.69, 9.17) is 0 Å². The highest BCUT2D eigenvalue weighted by molar-refractivity contribution is 5.83. The minimum Gasteiger partial charge on any atom is -0.337 e. The maximum Gasteiger partial charge on any atom is 0.240 e. The van der Waals surface area contributed by atoms with Gasteiger partial charge in [-0.1, -0.05) is 0 Å². The third-order valence-corrected chi connectivity index (χ3v) is 3.51. The number of amides is 1. The van der Waals surface area contributed by atoms with Crippen molar-refractivity contribution in [2.45, 2.75) is 45.3 Å². The van der Waals surface area contributed by atoms with Crippen molar-refractivity contribution in [1.29, 1.82) is 0 Å². The van der Waals surface area contributed by atoms with Gasteiger partial charge in [-0.15, -0.1) is 0 Å². The molecule has 1 saturated heterocycles. The van der Waals surface area contributed by atoms with Gasteiger partial charge in [0.2, 0.25) is 5.91 Å². The zero-order chi connectivity index (χ0) is 12.3. The van der Waals surface area contributed by atoms with Gasteiger partial charge in [-0.3, -0.25) is 9.69 Å². The van der Waals surface area contributed by atoms with E-state index in [9.17, 15) is 4.79 Å². The normalized spacial score (nSPS) is 27.9. The van der Waals surface area contributed by atoms with Crippen LogP contribution in [0.4, 0.5) is 0 Å². The fourth-order valence-electron chi connectivity index (χ4n) is 2.25. The lowest BCUT2D eigenvalue weighted by atomic mass is 10.0. The topological polar surface area (TPSA) is 35.6 Å². The molecular formula is C12H25N3O. The van der Waals surface area contributed by atoms with Crippen LogP contribution in [0.5, 0.6) is 0 Å². The summed E-state index contributed by atoms with van der Waals surface area (Å²) in [4.78, 5) is 16.5. The third kappa shape index (κ3) is 2.74. The first-order valence-electron chi connectivity index (χ1n) is 6.16. The minimum absolute atomic E-state index is 0.0404. The Bertz CT molecular complexity index is 242. The molecular weight excluding hydrogens is 202 g/mol. The van der Waals surface area contributed by atoms with Gasteiger partial charge in [-0.05, 0) is 47.8 Å². The second-order valence-corrected chi connectivity index (χ2v) is 5.01. The van der Waals surface area contributed by atoms with Gasteiger partial charge in [0, 0.05) is 18.6 Å². The van der Waals surface area contributed by atoms with Crippen LogP contribution in [0.25, 0.3) is 0 Å². The molecule has 2 atom stereocenters. The standard InChI is InChI=1S/C12H25N3O/c1-9(2)15-8-10(3)14(5)11(12(15)16)6-7-13-4/h9-11,13H,6-8H2,1-5H3. The van der Waals surface area contributed by atoms with Crippen LogP contribution < -0.4 is 5.32 Å². The molecule has 0 bridgehead atoms. The van der Waals surface area contributed by atoms with Crippen LogP contribution in [0.1, 0.15) is 27.2 Å². The molecule has 2 unspecified atom stereocenters. The number of rotatable bonds is 4. The third-order valence-electron chi connectivity index (χ3n) is 3.51. The second kappa shape index (κ2) is 5.64. The lowest BCUT2D eigenvalue weighted by molar-refractivity contribution is -0.145. The van der Waals surface area contributed by atoms with Gasteiger partial charge < -0.3 is 10.2 Å². The maximum atomic E-state index is 12.3. The molecule has 94 valence electrons. The van der Waals surface area contributed by atoms with E-state index in [2.05, 4.69) is 38.0 Å². The summed E-state index contributed by atoms with van der Waals surface area (Å²) < 4.78 is 0. The van der Waals surface area contributed by atoms with E-state index in [1.165, 1.54) is 0 Å². The molecule has 0 aromatic rings. The summed E-state index contributed by atoms with van der Waals surface area (Å²) in [6.45, 7) is 8.10. The predicted octanol–water partition coefficient (Wildman–Crippen LogP) is 0.535. The monoisotopic (exact) mass is 227 g/mol. The highest BCUT2D eigenvalue weighted by Gasteiger charge is 2.36. The largest absolute Gasteiger partial charge is 0.337 e. The van der Waals surface area contributed by atoms with Crippen molar-refractivity contribution < 1.29 is 4.79 Å². The molecule has 0 saturated carbocycles. The SMILES string of the molecule is CNCCC1C(=O)N(C(C)C)CC(C)N1C. The summed E-state index contributed by atoms with van der Waals surface area (Å²) >= 11 is 0. The van der Waals surface area contributed by atoms with E-state index >= 15 is 0 Å². The van der Waals surface area contributed by atoms with Crippen LogP contribution in [0.3, 0.4) is 0 Å². The molecule has 1 fully saturated rings. The summed E-state index contributed by atoms with van der Waals surface area (Å²) in [5.41, 5.74) is 0. The zero-order valence-corrected chi connectivity index (χ0v) is 11.2.